The first-order valence-corrected chi connectivity index (χ1v) is 9.41. The zero-order valence-electron chi connectivity index (χ0n) is 17.6. The monoisotopic (exact) mass is 421 g/mol. The molecule has 0 N–H and O–H groups in total. The lowest BCUT2D eigenvalue weighted by Crippen LogP contribution is -2.37. The number of hydrogen-bond acceptors (Lipinski definition) is 7. The summed E-state index contributed by atoms with van der Waals surface area (Å²) in [5.41, 5.74) is 2.41. The predicted octanol–water partition coefficient (Wildman–Crippen LogP) is 3.07. The van der Waals surface area contributed by atoms with E-state index < -0.39 is 6.03 Å². The summed E-state index contributed by atoms with van der Waals surface area (Å²) in [6.45, 7) is 0.417. The van der Waals surface area contributed by atoms with Gasteiger partial charge in [-0.15, -0.1) is 0 Å². The molecule has 9 nitrogen and oxygen atoms in total. The summed E-state index contributed by atoms with van der Waals surface area (Å²) < 4.78 is 21.7. The number of benzene rings is 2. The molecular formula is C22H21N4O5. The lowest BCUT2D eigenvalue weighted by molar-refractivity contribution is 0.253. The molecule has 0 fully saturated rings. The summed E-state index contributed by atoms with van der Waals surface area (Å²) >= 11 is 0. The number of carbonyl (C=O) groups is 1. The third-order valence-corrected chi connectivity index (χ3v) is 4.89. The molecule has 4 rings (SSSR count). The Hall–Kier alpha value is -4.01. The van der Waals surface area contributed by atoms with E-state index in [2.05, 4.69) is 15.3 Å². The number of ether oxygens (including phenoxy) is 4. The van der Waals surface area contributed by atoms with Crippen LogP contribution in [0.4, 0.5) is 4.79 Å². The molecule has 31 heavy (non-hydrogen) atoms. The molecule has 2 aromatic carbocycles. The number of rotatable bonds is 7. The summed E-state index contributed by atoms with van der Waals surface area (Å²) in [7, 11) is 6.27. The van der Waals surface area contributed by atoms with Crippen LogP contribution in [-0.2, 0) is 6.54 Å². The zero-order chi connectivity index (χ0) is 22.0. The van der Waals surface area contributed by atoms with Crippen molar-refractivity contribution in [3.63, 3.8) is 0 Å². The quantitative estimate of drug-likeness (QED) is 0.682. The molecule has 2 heterocycles. The number of hydrogen-bond donors (Lipinski definition) is 0. The minimum Gasteiger partial charge on any atom is -0.497 e. The Morgan fingerprint density at radius 1 is 0.935 bits per heavy atom. The predicted molar refractivity (Wildman–Crippen MR) is 115 cm³/mol. The van der Waals surface area contributed by atoms with Crippen LogP contribution >= 0.6 is 0 Å². The van der Waals surface area contributed by atoms with Crippen LogP contribution in [0.2, 0.25) is 0 Å². The normalized spacial score (nSPS) is 14.8. The van der Waals surface area contributed by atoms with Gasteiger partial charge in [0.05, 0.1) is 40.3 Å². The Balaban J connectivity index is 1.81. The Morgan fingerprint density at radius 2 is 1.68 bits per heavy atom. The molecule has 0 atom stereocenters. The molecule has 0 unspecified atom stereocenters. The van der Waals surface area contributed by atoms with Gasteiger partial charge in [0, 0.05) is 12.1 Å². The van der Waals surface area contributed by atoms with Gasteiger partial charge in [-0.25, -0.2) is 9.79 Å². The number of nitrogens with zero attached hydrogens (tertiary/aromatic N) is 4. The first-order valence-electron chi connectivity index (χ1n) is 9.41. The van der Waals surface area contributed by atoms with Gasteiger partial charge in [-0.3, -0.25) is 0 Å². The molecule has 1 radical (unpaired) electrons. The Bertz CT molecular complexity index is 1100. The number of carbonyl (C=O) groups excluding carboxylic acids is 1. The van der Waals surface area contributed by atoms with E-state index in [1.807, 2.05) is 41.3 Å². The van der Waals surface area contributed by atoms with Crippen molar-refractivity contribution in [2.75, 3.05) is 28.4 Å². The molecule has 159 valence electrons. The van der Waals surface area contributed by atoms with E-state index in [0.29, 0.717) is 35.3 Å². The fourth-order valence-electron chi connectivity index (χ4n) is 3.45. The van der Waals surface area contributed by atoms with Crippen LogP contribution in [-0.4, -0.2) is 51.0 Å². The van der Waals surface area contributed by atoms with E-state index in [1.54, 1.807) is 34.6 Å². The third kappa shape index (κ3) is 3.77. The Morgan fingerprint density at radius 3 is 2.32 bits per heavy atom. The maximum absolute atomic E-state index is 11.9. The maximum atomic E-state index is 11.9. The second kappa shape index (κ2) is 8.39. The molecule has 2 aromatic rings. The van der Waals surface area contributed by atoms with Crippen LogP contribution in [0.1, 0.15) is 11.1 Å². The number of methoxy groups -OCH3 is 4. The molecule has 2 amide bonds. The van der Waals surface area contributed by atoms with E-state index in [0.717, 1.165) is 16.9 Å². The molecule has 0 aromatic heterocycles. The molecule has 0 aliphatic carbocycles. The van der Waals surface area contributed by atoms with Crippen molar-refractivity contribution in [3.8, 4) is 23.0 Å². The van der Waals surface area contributed by atoms with Crippen molar-refractivity contribution in [2.45, 2.75) is 6.54 Å². The molecular weight excluding hydrogens is 400 g/mol. The van der Waals surface area contributed by atoms with Crippen molar-refractivity contribution < 1.29 is 23.7 Å². The molecule has 0 saturated heterocycles. The van der Waals surface area contributed by atoms with Crippen molar-refractivity contribution >= 4 is 23.4 Å². The van der Waals surface area contributed by atoms with E-state index in [-0.39, 0.29) is 5.84 Å². The fraction of sp³-hybridized carbons (Fsp3) is 0.227. The van der Waals surface area contributed by atoms with E-state index >= 15 is 0 Å². The van der Waals surface area contributed by atoms with Crippen molar-refractivity contribution in [1.29, 1.82) is 0 Å². The highest BCUT2D eigenvalue weighted by Crippen LogP contribution is 2.41. The second-order valence-electron chi connectivity index (χ2n) is 6.65. The number of aliphatic imine (C=N–C) groups is 2. The lowest BCUT2D eigenvalue weighted by atomic mass is 10.1. The molecule has 9 heteroatoms. The SMILES string of the molecule is COc1cccc(CN2C(c3cc(OC)c(OC)c(OC)c3)=CN=C3[N]C(=O)N=C32)c1. The molecule has 0 bridgehead atoms. The van der Waals surface area contributed by atoms with E-state index in [9.17, 15) is 4.79 Å². The molecule has 0 saturated carbocycles. The van der Waals surface area contributed by atoms with Gasteiger partial charge in [0.2, 0.25) is 11.6 Å². The summed E-state index contributed by atoms with van der Waals surface area (Å²) in [6.07, 6.45) is 1.65. The van der Waals surface area contributed by atoms with Crippen molar-refractivity contribution in [1.82, 2.24) is 10.2 Å². The average molecular weight is 421 g/mol. The highest BCUT2D eigenvalue weighted by Gasteiger charge is 2.34. The van der Waals surface area contributed by atoms with Crippen molar-refractivity contribution in [2.24, 2.45) is 9.98 Å². The Kier molecular flexibility index (Phi) is 5.48. The summed E-state index contributed by atoms with van der Waals surface area (Å²) in [5.74, 6) is 2.89. The fourth-order valence-corrected chi connectivity index (χ4v) is 3.45. The van der Waals surface area contributed by atoms with Gasteiger partial charge in [0.25, 0.3) is 0 Å². The number of fused-ring (bicyclic) bond motifs is 1. The first kappa shape index (κ1) is 20.3. The number of urea groups is 1. The third-order valence-electron chi connectivity index (χ3n) is 4.89. The minimum atomic E-state index is -0.580. The summed E-state index contributed by atoms with van der Waals surface area (Å²) in [6, 6.07) is 10.7. The Labute approximate surface area is 179 Å². The van der Waals surface area contributed by atoms with Crippen LogP contribution in [0.5, 0.6) is 23.0 Å². The van der Waals surface area contributed by atoms with Gasteiger partial charge in [-0.05, 0) is 29.8 Å². The van der Waals surface area contributed by atoms with Gasteiger partial charge in [-0.2, -0.15) is 10.3 Å². The van der Waals surface area contributed by atoms with E-state index in [4.69, 9.17) is 18.9 Å². The van der Waals surface area contributed by atoms with E-state index in [1.165, 1.54) is 0 Å². The molecule has 0 spiro atoms. The first-order chi connectivity index (χ1) is 15.1. The highest BCUT2D eigenvalue weighted by molar-refractivity contribution is 6.49. The zero-order valence-corrected chi connectivity index (χ0v) is 17.6. The van der Waals surface area contributed by atoms with Crippen molar-refractivity contribution in [3.05, 3.63) is 53.7 Å². The maximum Gasteiger partial charge on any atom is 0.371 e. The van der Waals surface area contributed by atoms with Gasteiger partial charge in [-0.1, -0.05) is 12.1 Å². The van der Waals surface area contributed by atoms with Crippen LogP contribution in [0, 0.1) is 0 Å². The highest BCUT2D eigenvalue weighted by atomic mass is 16.5. The summed E-state index contributed by atoms with van der Waals surface area (Å²) in [5, 5.41) is 3.89. The van der Waals surface area contributed by atoms with Gasteiger partial charge in [0.15, 0.2) is 17.3 Å². The van der Waals surface area contributed by atoms with Gasteiger partial charge < -0.3 is 23.8 Å². The molecule has 2 aliphatic heterocycles. The number of amidine groups is 2. The van der Waals surface area contributed by atoms with Gasteiger partial charge in [0.1, 0.15) is 5.75 Å². The standard InChI is InChI=1S/C22H21N4O5/c1-28-15-7-5-6-13(8-15)12-26-16(11-23-20-21(26)25-22(27)24-20)14-9-17(29-2)19(31-4)18(10-14)30-3/h5-11H,12H2,1-4H3. The largest absolute Gasteiger partial charge is 0.497 e. The second-order valence-corrected chi connectivity index (χ2v) is 6.65. The van der Waals surface area contributed by atoms with Crippen LogP contribution in [0.25, 0.3) is 5.70 Å². The molecule has 2 aliphatic rings. The minimum absolute atomic E-state index is 0.282. The lowest BCUT2D eigenvalue weighted by Gasteiger charge is -2.29. The van der Waals surface area contributed by atoms with Crippen LogP contribution < -0.4 is 24.3 Å². The smallest absolute Gasteiger partial charge is 0.371 e. The van der Waals surface area contributed by atoms with Crippen LogP contribution in [0.3, 0.4) is 0 Å². The van der Waals surface area contributed by atoms with Crippen LogP contribution in [0.15, 0.2) is 52.6 Å². The average Bonchev–Trinajstić information content (AvgIpc) is 3.19. The van der Waals surface area contributed by atoms with Gasteiger partial charge >= 0.3 is 6.03 Å². The topological polar surface area (TPSA) is 96.0 Å². The number of amides is 2. The summed E-state index contributed by atoms with van der Waals surface area (Å²) in [4.78, 5) is 22.2.